The van der Waals surface area contributed by atoms with Crippen molar-refractivity contribution >= 4 is 0 Å². The van der Waals surface area contributed by atoms with Gasteiger partial charge in [0.05, 0.1) is 26.5 Å². The van der Waals surface area contributed by atoms with Crippen LogP contribution in [-0.2, 0) is 11.3 Å². The van der Waals surface area contributed by atoms with Gasteiger partial charge in [-0.3, -0.25) is 4.90 Å². The van der Waals surface area contributed by atoms with E-state index in [9.17, 15) is 5.11 Å². The topological polar surface area (TPSA) is 64.3 Å². The Morgan fingerprint density at radius 1 is 1.12 bits per heavy atom. The number of ether oxygens (including phenoxy) is 3. The van der Waals surface area contributed by atoms with Gasteiger partial charge in [0.15, 0.2) is 0 Å². The van der Waals surface area contributed by atoms with Crippen LogP contribution in [0.15, 0.2) is 47.1 Å². The van der Waals surface area contributed by atoms with E-state index >= 15 is 0 Å². The van der Waals surface area contributed by atoms with Crippen molar-refractivity contribution in [1.82, 2.24) is 4.90 Å². The quantitative estimate of drug-likeness (QED) is 0.679. The molecular formula is C18H25NO5. The monoisotopic (exact) mass is 335 g/mol. The van der Waals surface area contributed by atoms with E-state index in [1.165, 1.54) is 0 Å². The van der Waals surface area contributed by atoms with Gasteiger partial charge in [0.25, 0.3) is 0 Å². The van der Waals surface area contributed by atoms with Crippen LogP contribution in [0.3, 0.4) is 0 Å². The molecule has 0 bridgehead atoms. The van der Waals surface area contributed by atoms with Crippen molar-refractivity contribution in [3.8, 4) is 11.5 Å². The fourth-order valence-electron chi connectivity index (χ4n) is 2.29. The molecule has 0 fully saturated rings. The number of rotatable bonds is 11. The van der Waals surface area contributed by atoms with Crippen molar-refractivity contribution in [3.05, 3.63) is 48.4 Å². The van der Waals surface area contributed by atoms with E-state index in [-0.39, 0.29) is 6.61 Å². The largest absolute Gasteiger partial charge is 0.497 e. The van der Waals surface area contributed by atoms with Crippen LogP contribution in [0.25, 0.3) is 0 Å². The Hall–Kier alpha value is -2.02. The lowest BCUT2D eigenvalue weighted by molar-refractivity contribution is 0.0517. The molecule has 1 N–H and O–H groups in total. The summed E-state index contributed by atoms with van der Waals surface area (Å²) in [4.78, 5) is 2.07. The molecule has 0 aliphatic heterocycles. The zero-order valence-electron chi connectivity index (χ0n) is 14.2. The molecule has 0 spiro atoms. The standard InChI is InChI=1S/C18H25NO5/c1-21-11-9-19(13-18-4-3-10-23-18)12-15(20)14-24-17-7-5-16(22-2)6-8-17/h3-8,10,15,20H,9,11-14H2,1-2H3/t15-/m0/s1. The van der Waals surface area contributed by atoms with Gasteiger partial charge in [0.2, 0.25) is 0 Å². The van der Waals surface area contributed by atoms with Gasteiger partial charge < -0.3 is 23.7 Å². The molecule has 1 heterocycles. The molecule has 24 heavy (non-hydrogen) atoms. The van der Waals surface area contributed by atoms with Crippen molar-refractivity contribution in [2.45, 2.75) is 12.6 Å². The third-order valence-corrected chi connectivity index (χ3v) is 3.54. The summed E-state index contributed by atoms with van der Waals surface area (Å²) in [6, 6.07) is 11.0. The second kappa shape index (κ2) is 9.97. The number of benzene rings is 1. The maximum atomic E-state index is 10.2. The number of aliphatic hydroxyl groups is 1. The van der Waals surface area contributed by atoms with Crippen molar-refractivity contribution in [1.29, 1.82) is 0 Å². The first-order chi connectivity index (χ1) is 11.7. The first-order valence-corrected chi connectivity index (χ1v) is 7.90. The van der Waals surface area contributed by atoms with Crippen LogP contribution in [0.4, 0.5) is 0 Å². The Morgan fingerprint density at radius 3 is 2.50 bits per heavy atom. The summed E-state index contributed by atoms with van der Waals surface area (Å²) in [5.74, 6) is 2.32. The highest BCUT2D eigenvalue weighted by Crippen LogP contribution is 2.17. The molecule has 2 aromatic rings. The minimum Gasteiger partial charge on any atom is -0.497 e. The van der Waals surface area contributed by atoms with E-state index in [0.717, 1.165) is 11.5 Å². The third-order valence-electron chi connectivity index (χ3n) is 3.54. The first-order valence-electron chi connectivity index (χ1n) is 7.90. The Bertz CT molecular complexity index is 555. The molecule has 0 unspecified atom stereocenters. The highest BCUT2D eigenvalue weighted by atomic mass is 16.5. The lowest BCUT2D eigenvalue weighted by atomic mass is 10.3. The summed E-state index contributed by atoms with van der Waals surface area (Å²) in [5.41, 5.74) is 0. The number of hydrogen-bond acceptors (Lipinski definition) is 6. The van der Waals surface area contributed by atoms with E-state index in [1.54, 1.807) is 20.5 Å². The van der Waals surface area contributed by atoms with Gasteiger partial charge in [-0.05, 0) is 36.4 Å². The van der Waals surface area contributed by atoms with Crippen LogP contribution in [0.1, 0.15) is 5.76 Å². The SMILES string of the molecule is COCCN(Cc1ccco1)C[C@H](O)COc1ccc(OC)cc1. The van der Waals surface area contributed by atoms with Crippen LogP contribution < -0.4 is 9.47 Å². The molecular weight excluding hydrogens is 310 g/mol. The van der Waals surface area contributed by atoms with Gasteiger partial charge in [-0.2, -0.15) is 0 Å². The van der Waals surface area contributed by atoms with Crippen molar-refractivity contribution in [2.24, 2.45) is 0 Å². The highest BCUT2D eigenvalue weighted by molar-refractivity contribution is 5.31. The van der Waals surface area contributed by atoms with Crippen LogP contribution in [0.2, 0.25) is 0 Å². The number of hydrogen-bond donors (Lipinski definition) is 1. The summed E-state index contributed by atoms with van der Waals surface area (Å²) >= 11 is 0. The molecule has 0 radical (unpaired) electrons. The number of aliphatic hydroxyl groups excluding tert-OH is 1. The fraction of sp³-hybridized carbons (Fsp3) is 0.444. The molecule has 0 saturated carbocycles. The minimum atomic E-state index is -0.612. The number of furan rings is 1. The van der Waals surface area contributed by atoms with Crippen LogP contribution >= 0.6 is 0 Å². The van der Waals surface area contributed by atoms with E-state index < -0.39 is 6.10 Å². The fourth-order valence-corrected chi connectivity index (χ4v) is 2.29. The van der Waals surface area contributed by atoms with Gasteiger partial charge in [-0.25, -0.2) is 0 Å². The smallest absolute Gasteiger partial charge is 0.119 e. The van der Waals surface area contributed by atoms with E-state index in [4.69, 9.17) is 18.6 Å². The summed E-state index contributed by atoms with van der Waals surface area (Å²) in [6.07, 6.45) is 1.03. The zero-order valence-corrected chi connectivity index (χ0v) is 14.2. The van der Waals surface area contributed by atoms with Crippen LogP contribution in [-0.4, -0.2) is 56.6 Å². The Labute approximate surface area is 142 Å². The maximum Gasteiger partial charge on any atom is 0.119 e. The van der Waals surface area contributed by atoms with Crippen LogP contribution in [0, 0.1) is 0 Å². The predicted molar refractivity (Wildman–Crippen MR) is 90.4 cm³/mol. The maximum absolute atomic E-state index is 10.2. The summed E-state index contributed by atoms with van der Waals surface area (Å²) in [5, 5.41) is 10.2. The van der Waals surface area contributed by atoms with Gasteiger partial charge in [0, 0.05) is 20.2 Å². The normalized spacial score (nSPS) is 12.3. The van der Waals surface area contributed by atoms with Crippen LogP contribution in [0.5, 0.6) is 11.5 Å². The average molecular weight is 335 g/mol. The predicted octanol–water partition coefficient (Wildman–Crippen LogP) is 2.18. The molecule has 0 saturated heterocycles. The van der Waals surface area contributed by atoms with E-state index in [2.05, 4.69) is 4.90 Å². The van der Waals surface area contributed by atoms with Crippen molar-refractivity contribution < 1.29 is 23.7 Å². The lowest BCUT2D eigenvalue weighted by Gasteiger charge is -2.24. The molecule has 6 nitrogen and oxygen atoms in total. The molecule has 1 aromatic carbocycles. The van der Waals surface area contributed by atoms with Gasteiger partial charge in [-0.1, -0.05) is 0 Å². The molecule has 0 amide bonds. The Balaban J connectivity index is 1.80. The Morgan fingerprint density at radius 2 is 1.88 bits per heavy atom. The molecule has 0 aliphatic carbocycles. The molecule has 132 valence electrons. The van der Waals surface area contributed by atoms with Crippen molar-refractivity contribution in [3.63, 3.8) is 0 Å². The molecule has 1 atom stereocenters. The number of methoxy groups -OCH3 is 2. The van der Waals surface area contributed by atoms with Gasteiger partial charge >= 0.3 is 0 Å². The second-order valence-electron chi connectivity index (χ2n) is 5.45. The second-order valence-corrected chi connectivity index (χ2v) is 5.45. The summed E-state index contributed by atoms with van der Waals surface area (Å²) < 4.78 is 21.2. The number of nitrogens with zero attached hydrogens (tertiary/aromatic N) is 1. The van der Waals surface area contributed by atoms with Gasteiger partial charge in [-0.15, -0.1) is 0 Å². The third kappa shape index (κ3) is 6.23. The van der Waals surface area contributed by atoms with E-state index in [0.29, 0.717) is 32.0 Å². The van der Waals surface area contributed by atoms with E-state index in [1.807, 2.05) is 36.4 Å². The molecule has 1 aromatic heterocycles. The molecule has 2 rings (SSSR count). The Kier molecular flexibility index (Phi) is 7.61. The highest BCUT2D eigenvalue weighted by Gasteiger charge is 2.14. The average Bonchev–Trinajstić information content (AvgIpc) is 3.11. The minimum absolute atomic E-state index is 0.216. The summed E-state index contributed by atoms with van der Waals surface area (Å²) in [6.45, 7) is 2.60. The van der Waals surface area contributed by atoms with Gasteiger partial charge in [0.1, 0.15) is 30.0 Å². The molecule has 6 heteroatoms. The lowest BCUT2D eigenvalue weighted by Crippen LogP contribution is -2.37. The van der Waals surface area contributed by atoms with Crippen molar-refractivity contribution in [2.75, 3.05) is 40.5 Å². The summed E-state index contributed by atoms with van der Waals surface area (Å²) in [7, 11) is 3.28. The zero-order chi connectivity index (χ0) is 17.2. The first kappa shape index (κ1) is 18.3. The molecule has 0 aliphatic rings.